The molecule has 0 aliphatic carbocycles. The number of hydrogen-bond donors (Lipinski definition) is 1. The number of ether oxygens (including phenoxy) is 1. The number of halogens is 2. The van der Waals surface area contributed by atoms with Crippen molar-refractivity contribution in [2.75, 3.05) is 0 Å². The van der Waals surface area contributed by atoms with Crippen LogP contribution in [0.1, 0.15) is 6.92 Å². The van der Waals surface area contributed by atoms with Gasteiger partial charge in [-0.25, -0.2) is 9.18 Å². The normalized spacial score (nSPS) is 12.2. The molecular weight excluding hydrogens is 194 g/mol. The quantitative estimate of drug-likeness (QED) is 0.813. The molecule has 0 heterocycles. The van der Waals surface area contributed by atoms with E-state index in [1.807, 2.05) is 0 Å². The SMILES string of the molecule is C[C@H](Oc1cccc(F)c1F)C(=O)O. The summed E-state index contributed by atoms with van der Waals surface area (Å²) in [5.41, 5.74) is 0. The highest BCUT2D eigenvalue weighted by molar-refractivity contribution is 5.72. The van der Waals surface area contributed by atoms with Crippen LogP contribution in [0.2, 0.25) is 0 Å². The highest BCUT2D eigenvalue weighted by Crippen LogP contribution is 2.20. The third-order valence-corrected chi connectivity index (χ3v) is 1.57. The fourth-order valence-electron chi connectivity index (χ4n) is 0.816. The molecule has 1 atom stereocenters. The van der Waals surface area contributed by atoms with Crippen molar-refractivity contribution in [1.82, 2.24) is 0 Å². The van der Waals surface area contributed by atoms with E-state index in [0.717, 1.165) is 12.1 Å². The summed E-state index contributed by atoms with van der Waals surface area (Å²) in [5.74, 6) is -3.89. The van der Waals surface area contributed by atoms with E-state index in [1.165, 1.54) is 13.0 Å². The molecule has 0 unspecified atom stereocenters. The first-order chi connectivity index (χ1) is 6.52. The van der Waals surface area contributed by atoms with Crippen molar-refractivity contribution in [2.45, 2.75) is 13.0 Å². The van der Waals surface area contributed by atoms with Gasteiger partial charge >= 0.3 is 5.97 Å². The second-order valence-corrected chi connectivity index (χ2v) is 2.65. The molecule has 1 rings (SSSR count). The molecule has 5 heteroatoms. The fraction of sp³-hybridized carbons (Fsp3) is 0.222. The summed E-state index contributed by atoms with van der Waals surface area (Å²) < 4.78 is 30.2. The molecule has 14 heavy (non-hydrogen) atoms. The molecule has 1 aromatic rings. The predicted molar refractivity (Wildman–Crippen MR) is 44.1 cm³/mol. The number of carboxylic acid groups (broad SMARTS) is 1. The van der Waals surface area contributed by atoms with Gasteiger partial charge in [-0.3, -0.25) is 0 Å². The van der Waals surface area contributed by atoms with Crippen LogP contribution < -0.4 is 4.74 Å². The summed E-state index contributed by atoms with van der Waals surface area (Å²) in [7, 11) is 0. The first kappa shape index (κ1) is 10.4. The van der Waals surface area contributed by atoms with Crippen LogP contribution in [-0.2, 0) is 4.79 Å². The van der Waals surface area contributed by atoms with Crippen LogP contribution >= 0.6 is 0 Å². The highest BCUT2D eigenvalue weighted by atomic mass is 19.2. The van der Waals surface area contributed by atoms with Crippen molar-refractivity contribution >= 4 is 5.97 Å². The molecule has 0 aliphatic heterocycles. The van der Waals surface area contributed by atoms with Crippen molar-refractivity contribution in [3.05, 3.63) is 29.8 Å². The number of aliphatic carboxylic acids is 1. The Balaban J connectivity index is 2.87. The van der Waals surface area contributed by atoms with Crippen LogP contribution in [-0.4, -0.2) is 17.2 Å². The second kappa shape index (κ2) is 4.04. The molecule has 1 N–H and O–H groups in total. The maximum absolute atomic E-state index is 12.9. The van der Waals surface area contributed by atoms with E-state index < -0.39 is 29.5 Å². The minimum Gasteiger partial charge on any atom is -0.479 e. The Bertz CT molecular complexity index is 352. The zero-order valence-electron chi connectivity index (χ0n) is 7.33. The Morgan fingerprint density at radius 3 is 2.71 bits per heavy atom. The molecular formula is C9H8F2O3. The third-order valence-electron chi connectivity index (χ3n) is 1.57. The van der Waals surface area contributed by atoms with Crippen molar-refractivity contribution in [3.8, 4) is 5.75 Å². The molecule has 0 radical (unpaired) electrons. The van der Waals surface area contributed by atoms with E-state index in [0.29, 0.717) is 0 Å². The maximum Gasteiger partial charge on any atom is 0.344 e. The highest BCUT2D eigenvalue weighted by Gasteiger charge is 2.16. The van der Waals surface area contributed by atoms with Gasteiger partial charge in [0.05, 0.1) is 0 Å². The van der Waals surface area contributed by atoms with Gasteiger partial charge in [0.15, 0.2) is 17.7 Å². The van der Waals surface area contributed by atoms with Gasteiger partial charge in [-0.05, 0) is 19.1 Å². The largest absolute Gasteiger partial charge is 0.479 e. The number of carbonyl (C=O) groups is 1. The summed E-state index contributed by atoms with van der Waals surface area (Å²) in [6.07, 6.45) is -1.22. The molecule has 76 valence electrons. The van der Waals surface area contributed by atoms with Crippen LogP contribution in [0, 0.1) is 11.6 Å². The Morgan fingerprint density at radius 1 is 1.50 bits per heavy atom. The molecule has 0 saturated carbocycles. The molecule has 0 fully saturated rings. The van der Waals surface area contributed by atoms with Crippen molar-refractivity contribution in [1.29, 1.82) is 0 Å². The zero-order chi connectivity index (χ0) is 10.7. The lowest BCUT2D eigenvalue weighted by Crippen LogP contribution is -2.23. The summed E-state index contributed by atoms with van der Waals surface area (Å²) in [6, 6.07) is 3.33. The van der Waals surface area contributed by atoms with E-state index in [4.69, 9.17) is 5.11 Å². The zero-order valence-corrected chi connectivity index (χ0v) is 7.33. The lowest BCUT2D eigenvalue weighted by Gasteiger charge is -2.10. The maximum atomic E-state index is 12.9. The predicted octanol–water partition coefficient (Wildman–Crippen LogP) is 1.82. The average Bonchev–Trinajstić information content (AvgIpc) is 2.12. The van der Waals surface area contributed by atoms with Crippen molar-refractivity contribution < 1.29 is 23.4 Å². The van der Waals surface area contributed by atoms with Gasteiger partial charge in [0.1, 0.15) is 0 Å². The van der Waals surface area contributed by atoms with Gasteiger partial charge < -0.3 is 9.84 Å². The topological polar surface area (TPSA) is 46.5 Å². The first-order valence-electron chi connectivity index (χ1n) is 3.86. The smallest absolute Gasteiger partial charge is 0.344 e. The Hall–Kier alpha value is -1.65. The fourth-order valence-corrected chi connectivity index (χ4v) is 0.816. The van der Waals surface area contributed by atoms with Gasteiger partial charge in [0.2, 0.25) is 5.82 Å². The van der Waals surface area contributed by atoms with Crippen molar-refractivity contribution in [3.63, 3.8) is 0 Å². The lowest BCUT2D eigenvalue weighted by molar-refractivity contribution is -0.144. The summed E-state index contributed by atoms with van der Waals surface area (Å²) in [4.78, 5) is 10.4. The van der Waals surface area contributed by atoms with Crippen LogP contribution in [0.5, 0.6) is 5.75 Å². The van der Waals surface area contributed by atoms with Gasteiger partial charge in [0, 0.05) is 0 Å². The number of carboxylic acids is 1. The third kappa shape index (κ3) is 2.18. The average molecular weight is 202 g/mol. The standard InChI is InChI=1S/C9H8F2O3/c1-5(9(12)13)14-7-4-2-3-6(10)8(7)11/h2-5H,1H3,(H,12,13)/t5-/m0/s1. The monoisotopic (exact) mass is 202 g/mol. The van der Waals surface area contributed by atoms with Crippen LogP contribution in [0.3, 0.4) is 0 Å². The van der Waals surface area contributed by atoms with Gasteiger partial charge in [0.25, 0.3) is 0 Å². The number of benzene rings is 1. The van der Waals surface area contributed by atoms with Crippen LogP contribution in [0.25, 0.3) is 0 Å². The van der Waals surface area contributed by atoms with Gasteiger partial charge in [-0.15, -0.1) is 0 Å². The molecule has 0 amide bonds. The van der Waals surface area contributed by atoms with E-state index >= 15 is 0 Å². The number of hydrogen-bond acceptors (Lipinski definition) is 2. The van der Waals surface area contributed by atoms with Crippen molar-refractivity contribution in [2.24, 2.45) is 0 Å². The van der Waals surface area contributed by atoms with E-state index in [1.54, 1.807) is 0 Å². The van der Waals surface area contributed by atoms with E-state index in [-0.39, 0.29) is 0 Å². The Morgan fingerprint density at radius 2 is 2.14 bits per heavy atom. The minimum absolute atomic E-state index is 0.403. The van der Waals surface area contributed by atoms with Gasteiger partial charge in [-0.1, -0.05) is 6.07 Å². The first-order valence-corrected chi connectivity index (χ1v) is 3.86. The molecule has 3 nitrogen and oxygen atoms in total. The second-order valence-electron chi connectivity index (χ2n) is 2.65. The molecule has 0 aromatic heterocycles. The Kier molecular flexibility index (Phi) is 3.01. The number of rotatable bonds is 3. The molecule has 0 saturated heterocycles. The van der Waals surface area contributed by atoms with E-state index in [2.05, 4.69) is 4.74 Å². The summed E-state index contributed by atoms with van der Waals surface area (Å²) in [6.45, 7) is 1.23. The lowest BCUT2D eigenvalue weighted by atomic mass is 10.3. The molecule has 0 aliphatic rings. The molecule has 0 bridgehead atoms. The van der Waals surface area contributed by atoms with Gasteiger partial charge in [-0.2, -0.15) is 4.39 Å². The van der Waals surface area contributed by atoms with Crippen LogP contribution in [0.4, 0.5) is 8.78 Å². The minimum atomic E-state index is -1.24. The summed E-state index contributed by atoms with van der Waals surface area (Å²) in [5, 5.41) is 8.46. The van der Waals surface area contributed by atoms with E-state index in [9.17, 15) is 13.6 Å². The van der Waals surface area contributed by atoms with Crippen LogP contribution in [0.15, 0.2) is 18.2 Å². The molecule has 1 aromatic carbocycles. The molecule has 0 spiro atoms. The Labute approximate surface area is 78.9 Å². The summed E-state index contributed by atoms with van der Waals surface area (Å²) >= 11 is 0.